The molecule has 2 aliphatic carbocycles. The largest absolute Gasteiger partial charge is 0.330 e. The van der Waals surface area contributed by atoms with E-state index in [1.165, 1.54) is 44.9 Å². The van der Waals surface area contributed by atoms with Crippen LogP contribution in [0.15, 0.2) is 0 Å². The summed E-state index contributed by atoms with van der Waals surface area (Å²) in [5.74, 6) is 1.04. The molecule has 0 amide bonds. The number of fused-ring (bicyclic) bond motifs is 2. The van der Waals surface area contributed by atoms with Crippen molar-refractivity contribution in [1.29, 1.82) is 0 Å². The lowest BCUT2D eigenvalue weighted by molar-refractivity contribution is 0.0856. The molecule has 0 atom stereocenters. The van der Waals surface area contributed by atoms with Crippen LogP contribution in [-0.2, 0) is 0 Å². The Morgan fingerprint density at radius 1 is 1.18 bits per heavy atom. The molecule has 0 unspecified atom stereocenters. The summed E-state index contributed by atoms with van der Waals surface area (Å²) in [6.07, 6.45) is 10.1. The van der Waals surface area contributed by atoms with Crippen molar-refractivity contribution in [3.8, 4) is 0 Å². The van der Waals surface area contributed by atoms with Crippen molar-refractivity contribution in [3.05, 3.63) is 0 Å². The maximum atomic E-state index is 5.84. The molecule has 0 heterocycles. The minimum absolute atomic E-state index is 0.598. The van der Waals surface area contributed by atoms with Gasteiger partial charge in [0.15, 0.2) is 0 Å². The van der Waals surface area contributed by atoms with Crippen molar-refractivity contribution in [2.45, 2.75) is 44.9 Å². The molecule has 11 heavy (non-hydrogen) atoms. The van der Waals surface area contributed by atoms with E-state index in [9.17, 15) is 0 Å². The third-order valence-corrected chi connectivity index (χ3v) is 3.79. The summed E-state index contributed by atoms with van der Waals surface area (Å²) in [5.41, 5.74) is 6.44. The number of nitrogens with two attached hydrogens (primary N) is 1. The van der Waals surface area contributed by atoms with Gasteiger partial charge in [0.2, 0.25) is 0 Å². The van der Waals surface area contributed by atoms with Gasteiger partial charge in [-0.05, 0) is 37.1 Å². The zero-order valence-electron chi connectivity index (χ0n) is 7.31. The molecule has 0 aliphatic heterocycles. The third-order valence-electron chi connectivity index (χ3n) is 3.79. The van der Waals surface area contributed by atoms with Crippen LogP contribution in [0.5, 0.6) is 0 Å². The Balaban J connectivity index is 2.07. The molecule has 0 aromatic carbocycles. The van der Waals surface area contributed by atoms with E-state index in [1.54, 1.807) is 0 Å². The molecule has 0 aromatic rings. The van der Waals surface area contributed by atoms with E-state index in [1.807, 2.05) is 0 Å². The number of rotatable bonds is 1. The van der Waals surface area contributed by atoms with Crippen LogP contribution in [0.1, 0.15) is 44.9 Å². The number of hydrogen-bond acceptors (Lipinski definition) is 1. The van der Waals surface area contributed by atoms with E-state index in [0.29, 0.717) is 5.41 Å². The third kappa shape index (κ3) is 1.31. The zero-order valence-corrected chi connectivity index (χ0v) is 7.31. The van der Waals surface area contributed by atoms with Gasteiger partial charge < -0.3 is 5.73 Å². The van der Waals surface area contributed by atoms with E-state index < -0.39 is 0 Å². The van der Waals surface area contributed by atoms with Crippen LogP contribution in [0.25, 0.3) is 0 Å². The molecule has 0 saturated heterocycles. The topological polar surface area (TPSA) is 26.0 Å². The SMILES string of the molecule is NCC12CCCC(CCC1)C2. The van der Waals surface area contributed by atoms with E-state index in [2.05, 4.69) is 0 Å². The molecular formula is C10H19N. The lowest BCUT2D eigenvalue weighted by Crippen LogP contribution is -2.38. The maximum Gasteiger partial charge on any atom is -0.00204 e. The van der Waals surface area contributed by atoms with Gasteiger partial charge in [0.1, 0.15) is 0 Å². The highest BCUT2D eigenvalue weighted by Gasteiger charge is 2.37. The first-order valence-electron chi connectivity index (χ1n) is 5.05. The summed E-state index contributed by atoms with van der Waals surface area (Å²) >= 11 is 0. The molecule has 0 spiro atoms. The smallest absolute Gasteiger partial charge is 0.00204 e. The van der Waals surface area contributed by atoms with Gasteiger partial charge in [-0.3, -0.25) is 0 Å². The summed E-state index contributed by atoms with van der Waals surface area (Å²) in [6.45, 7) is 0.948. The molecule has 2 N–H and O–H groups in total. The Bertz CT molecular complexity index is 132. The Kier molecular flexibility index (Phi) is 1.92. The molecule has 2 saturated carbocycles. The average molecular weight is 153 g/mol. The van der Waals surface area contributed by atoms with Crippen molar-refractivity contribution in [3.63, 3.8) is 0 Å². The van der Waals surface area contributed by atoms with Gasteiger partial charge >= 0.3 is 0 Å². The van der Waals surface area contributed by atoms with E-state index in [0.717, 1.165) is 12.5 Å². The average Bonchev–Trinajstić information content (AvgIpc) is 2.05. The molecule has 2 rings (SSSR count). The van der Waals surface area contributed by atoms with Crippen LogP contribution in [0.2, 0.25) is 0 Å². The highest BCUT2D eigenvalue weighted by atomic mass is 14.6. The van der Waals surface area contributed by atoms with Crippen LogP contribution in [0, 0.1) is 11.3 Å². The fraction of sp³-hybridized carbons (Fsp3) is 1.00. The molecule has 0 radical (unpaired) electrons. The van der Waals surface area contributed by atoms with Crippen molar-refractivity contribution < 1.29 is 0 Å². The predicted molar refractivity (Wildman–Crippen MR) is 47.3 cm³/mol. The minimum Gasteiger partial charge on any atom is -0.330 e. The quantitative estimate of drug-likeness (QED) is 0.614. The molecule has 0 aromatic heterocycles. The van der Waals surface area contributed by atoms with Crippen molar-refractivity contribution in [2.75, 3.05) is 6.54 Å². The van der Waals surface area contributed by atoms with E-state index >= 15 is 0 Å². The first-order valence-corrected chi connectivity index (χ1v) is 5.05. The summed E-state index contributed by atoms with van der Waals surface area (Å²) < 4.78 is 0. The van der Waals surface area contributed by atoms with Gasteiger partial charge in [-0.1, -0.05) is 25.7 Å². The van der Waals surface area contributed by atoms with Gasteiger partial charge in [0.05, 0.1) is 0 Å². The summed E-state index contributed by atoms with van der Waals surface area (Å²) in [4.78, 5) is 0. The fourth-order valence-electron chi connectivity index (χ4n) is 3.11. The van der Waals surface area contributed by atoms with E-state index in [4.69, 9.17) is 5.73 Å². The van der Waals surface area contributed by atoms with Crippen LogP contribution >= 0.6 is 0 Å². The van der Waals surface area contributed by atoms with Gasteiger partial charge in [-0.15, -0.1) is 0 Å². The summed E-state index contributed by atoms with van der Waals surface area (Å²) in [6, 6.07) is 0. The van der Waals surface area contributed by atoms with Gasteiger partial charge in [-0.2, -0.15) is 0 Å². The van der Waals surface area contributed by atoms with Gasteiger partial charge in [-0.25, -0.2) is 0 Å². The molecule has 1 heteroatoms. The normalized spacial score (nSPS) is 43.9. The predicted octanol–water partition coefficient (Wildman–Crippen LogP) is 2.31. The Hall–Kier alpha value is -0.0400. The fourth-order valence-corrected chi connectivity index (χ4v) is 3.11. The first kappa shape index (κ1) is 7.60. The molecule has 64 valence electrons. The molecule has 2 aliphatic rings. The second-order valence-corrected chi connectivity index (χ2v) is 4.56. The first-order chi connectivity index (χ1) is 5.35. The van der Waals surface area contributed by atoms with Gasteiger partial charge in [0, 0.05) is 0 Å². The standard InChI is InChI=1S/C10H19N/c11-8-10-5-1-3-9(7-10)4-2-6-10/h9H,1-8,11H2. The summed E-state index contributed by atoms with van der Waals surface area (Å²) in [7, 11) is 0. The lowest BCUT2D eigenvalue weighted by atomic mass is 9.62. The molecule has 1 nitrogen and oxygen atoms in total. The Labute approximate surface area is 69.4 Å². The second kappa shape index (κ2) is 2.78. The minimum atomic E-state index is 0.598. The second-order valence-electron chi connectivity index (χ2n) is 4.56. The van der Waals surface area contributed by atoms with Crippen LogP contribution in [-0.4, -0.2) is 6.54 Å². The number of hydrogen-bond donors (Lipinski definition) is 1. The van der Waals surface area contributed by atoms with Gasteiger partial charge in [0.25, 0.3) is 0 Å². The van der Waals surface area contributed by atoms with Crippen molar-refractivity contribution in [2.24, 2.45) is 17.1 Å². The molecular weight excluding hydrogens is 134 g/mol. The zero-order chi connectivity index (χ0) is 7.73. The lowest BCUT2D eigenvalue weighted by Gasteiger charge is -2.44. The molecule has 2 fully saturated rings. The highest BCUT2D eigenvalue weighted by molar-refractivity contribution is 4.90. The Morgan fingerprint density at radius 3 is 2.27 bits per heavy atom. The van der Waals surface area contributed by atoms with Crippen LogP contribution in [0.3, 0.4) is 0 Å². The summed E-state index contributed by atoms with van der Waals surface area (Å²) in [5, 5.41) is 0. The Morgan fingerprint density at radius 2 is 1.82 bits per heavy atom. The molecule has 2 bridgehead atoms. The van der Waals surface area contributed by atoms with Crippen LogP contribution in [0.4, 0.5) is 0 Å². The maximum absolute atomic E-state index is 5.84. The van der Waals surface area contributed by atoms with Crippen molar-refractivity contribution >= 4 is 0 Å². The van der Waals surface area contributed by atoms with E-state index in [-0.39, 0.29) is 0 Å². The monoisotopic (exact) mass is 153 g/mol. The van der Waals surface area contributed by atoms with Crippen molar-refractivity contribution in [1.82, 2.24) is 0 Å². The highest BCUT2D eigenvalue weighted by Crippen LogP contribution is 2.47. The van der Waals surface area contributed by atoms with Crippen LogP contribution < -0.4 is 5.73 Å².